The molecule has 0 bridgehead atoms. The maximum Gasteiger partial charge on any atom is 0.325 e. The molecular weight excluding hydrogens is 264 g/mol. The number of aromatic nitrogens is 3. The highest BCUT2D eigenvalue weighted by Crippen LogP contribution is 2.30. The van der Waals surface area contributed by atoms with Gasteiger partial charge in [0.2, 0.25) is 5.95 Å². The predicted octanol–water partition coefficient (Wildman–Crippen LogP) is 0.421. The Bertz CT molecular complexity index is 456. The molecule has 1 saturated carbocycles. The first kappa shape index (κ1) is 14.3. The van der Waals surface area contributed by atoms with E-state index in [0.717, 1.165) is 12.8 Å². The molecule has 0 N–H and O–H groups in total. The molecule has 0 aliphatic heterocycles. The molecule has 1 aromatic rings. The van der Waals surface area contributed by atoms with Gasteiger partial charge in [-0.1, -0.05) is 0 Å². The Balaban J connectivity index is 2.22. The van der Waals surface area contributed by atoms with Crippen molar-refractivity contribution in [1.82, 2.24) is 15.0 Å². The standard InChI is InChI=1S/C12H18N4O4/c1-4-20-9(17)7-16(8-5-6-8)10-13-11(18-2)15-12(14-10)19-3/h8H,4-7H2,1-3H3. The molecule has 110 valence electrons. The average Bonchev–Trinajstić information content (AvgIpc) is 3.29. The molecule has 2 rings (SSSR count). The largest absolute Gasteiger partial charge is 0.467 e. The molecule has 0 aromatic carbocycles. The molecule has 0 spiro atoms. The van der Waals surface area contributed by atoms with Crippen LogP contribution in [0.3, 0.4) is 0 Å². The zero-order chi connectivity index (χ0) is 14.5. The average molecular weight is 282 g/mol. The lowest BCUT2D eigenvalue weighted by atomic mass is 10.5. The fraction of sp³-hybridized carbons (Fsp3) is 0.667. The zero-order valence-electron chi connectivity index (χ0n) is 11.8. The van der Waals surface area contributed by atoms with Gasteiger partial charge in [-0.3, -0.25) is 4.79 Å². The Morgan fingerprint density at radius 3 is 2.25 bits per heavy atom. The van der Waals surface area contributed by atoms with Crippen LogP contribution in [0.4, 0.5) is 5.95 Å². The molecule has 1 fully saturated rings. The summed E-state index contributed by atoms with van der Waals surface area (Å²) in [5.41, 5.74) is 0. The highest BCUT2D eigenvalue weighted by molar-refractivity contribution is 5.75. The van der Waals surface area contributed by atoms with E-state index < -0.39 is 0 Å². The second-order valence-corrected chi connectivity index (χ2v) is 4.27. The van der Waals surface area contributed by atoms with Crippen LogP contribution in [0.1, 0.15) is 19.8 Å². The van der Waals surface area contributed by atoms with Crippen LogP contribution in [0.2, 0.25) is 0 Å². The number of hydrogen-bond donors (Lipinski definition) is 0. The number of ether oxygens (including phenoxy) is 3. The van der Waals surface area contributed by atoms with Crippen molar-refractivity contribution in [1.29, 1.82) is 0 Å². The minimum atomic E-state index is -0.308. The third-order valence-corrected chi connectivity index (χ3v) is 2.80. The predicted molar refractivity (Wildman–Crippen MR) is 69.9 cm³/mol. The minimum Gasteiger partial charge on any atom is -0.467 e. The van der Waals surface area contributed by atoms with Gasteiger partial charge in [0.1, 0.15) is 6.54 Å². The molecule has 0 unspecified atom stereocenters. The zero-order valence-corrected chi connectivity index (χ0v) is 11.8. The molecule has 8 heteroatoms. The molecule has 0 atom stereocenters. The normalized spacial score (nSPS) is 13.8. The molecule has 20 heavy (non-hydrogen) atoms. The van der Waals surface area contributed by atoms with E-state index in [0.29, 0.717) is 12.6 Å². The smallest absolute Gasteiger partial charge is 0.325 e. The lowest BCUT2D eigenvalue weighted by Gasteiger charge is -2.21. The van der Waals surface area contributed by atoms with E-state index in [-0.39, 0.29) is 30.6 Å². The highest BCUT2D eigenvalue weighted by Gasteiger charge is 2.33. The van der Waals surface area contributed by atoms with Crippen LogP contribution in [0.25, 0.3) is 0 Å². The van der Waals surface area contributed by atoms with Crippen molar-refractivity contribution in [2.24, 2.45) is 0 Å². The third kappa shape index (κ3) is 3.46. The molecular formula is C12H18N4O4. The van der Waals surface area contributed by atoms with Crippen molar-refractivity contribution >= 4 is 11.9 Å². The van der Waals surface area contributed by atoms with Gasteiger partial charge < -0.3 is 19.1 Å². The quantitative estimate of drug-likeness (QED) is 0.665. The summed E-state index contributed by atoms with van der Waals surface area (Å²) in [5.74, 6) is 0.0574. The highest BCUT2D eigenvalue weighted by atomic mass is 16.5. The summed E-state index contributed by atoms with van der Waals surface area (Å²) in [5, 5.41) is 0. The van der Waals surface area contributed by atoms with Crippen molar-refractivity contribution in [2.45, 2.75) is 25.8 Å². The van der Waals surface area contributed by atoms with E-state index in [9.17, 15) is 4.79 Å². The molecule has 1 aromatic heterocycles. The molecule has 8 nitrogen and oxygen atoms in total. The Hall–Kier alpha value is -2.12. The maximum absolute atomic E-state index is 11.7. The summed E-state index contributed by atoms with van der Waals surface area (Å²) >= 11 is 0. The molecule has 1 heterocycles. The van der Waals surface area contributed by atoms with Crippen LogP contribution in [0.5, 0.6) is 12.0 Å². The first-order valence-electron chi connectivity index (χ1n) is 6.44. The van der Waals surface area contributed by atoms with Crippen molar-refractivity contribution in [3.8, 4) is 12.0 Å². The Kier molecular flexibility index (Phi) is 4.54. The molecule has 1 aliphatic carbocycles. The van der Waals surface area contributed by atoms with Gasteiger partial charge >= 0.3 is 18.0 Å². The molecule has 0 amide bonds. The summed E-state index contributed by atoms with van der Waals surface area (Å²) in [7, 11) is 2.93. The fourth-order valence-corrected chi connectivity index (χ4v) is 1.73. The van der Waals surface area contributed by atoms with Gasteiger partial charge in [0.15, 0.2) is 0 Å². The third-order valence-electron chi connectivity index (χ3n) is 2.80. The van der Waals surface area contributed by atoms with Crippen LogP contribution < -0.4 is 14.4 Å². The molecule has 0 saturated heterocycles. The van der Waals surface area contributed by atoms with Crippen molar-refractivity contribution in [3.05, 3.63) is 0 Å². The summed E-state index contributed by atoms with van der Waals surface area (Å²) in [6, 6.07) is 0.555. The van der Waals surface area contributed by atoms with E-state index in [4.69, 9.17) is 14.2 Å². The van der Waals surface area contributed by atoms with Crippen molar-refractivity contribution < 1.29 is 19.0 Å². The second kappa shape index (κ2) is 6.36. The summed E-state index contributed by atoms with van der Waals surface area (Å²) < 4.78 is 15.0. The number of rotatable bonds is 7. The van der Waals surface area contributed by atoms with Crippen LogP contribution in [-0.2, 0) is 9.53 Å². The van der Waals surface area contributed by atoms with Crippen molar-refractivity contribution in [2.75, 3.05) is 32.3 Å². The Morgan fingerprint density at radius 2 is 1.80 bits per heavy atom. The number of carbonyl (C=O) groups excluding carboxylic acids is 1. The first-order valence-corrected chi connectivity index (χ1v) is 6.44. The van der Waals surface area contributed by atoms with E-state index in [1.54, 1.807) is 11.8 Å². The molecule has 0 radical (unpaired) electrons. The number of nitrogens with zero attached hydrogens (tertiary/aromatic N) is 4. The first-order chi connectivity index (χ1) is 9.67. The topological polar surface area (TPSA) is 86.7 Å². The van der Waals surface area contributed by atoms with Gasteiger partial charge in [0, 0.05) is 6.04 Å². The lowest BCUT2D eigenvalue weighted by Crippen LogP contribution is -2.34. The van der Waals surface area contributed by atoms with Crippen molar-refractivity contribution in [3.63, 3.8) is 0 Å². The van der Waals surface area contributed by atoms with Crippen LogP contribution >= 0.6 is 0 Å². The van der Waals surface area contributed by atoms with Gasteiger partial charge in [0.25, 0.3) is 0 Å². The summed E-state index contributed by atoms with van der Waals surface area (Å²) in [6.45, 7) is 2.23. The van der Waals surface area contributed by atoms with Crippen LogP contribution in [0, 0.1) is 0 Å². The van der Waals surface area contributed by atoms with Gasteiger partial charge in [0.05, 0.1) is 20.8 Å². The number of anilines is 1. The number of hydrogen-bond acceptors (Lipinski definition) is 8. The van der Waals surface area contributed by atoms with Crippen LogP contribution in [-0.4, -0.2) is 54.3 Å². The number of methoxy groups -OCH3 is 2. The van der Waals surface area contributed by atoms with Gasteiger partial charge in [-0.2, -0.15) is 9.97 Å². The van der Waals surface area contributed by atoms with Gasteiger partial charge in [-0.05, 0) is 19.8 Å². The Morgan fingerprint density at radius 1 is 1.20 bits per heavy atom. The van der Waals surface area contributed by atoms with E-state index in [2.05, 4.69) is 15.0 Å². The second-order valence-electron chi connectivity index (χ2n) is 4.27. The monoisotopic (exact) mass is 282 g/mol. The molecule has 1 aliphatic rings. The van der Waals surface area contributed by atoms with Crippen LogP contribution in [0.15, 0.2) is 0 Å². The van der Waals surface area contributed by atoms with Gasteiger partial charge in [-0.15, -0.1) is 4.98 Å². The lowest BCUT2D eigenvalue weighted by molar-refractivity contribution is -0.141. The number of esters is 1. The Labute approximate surface area is 117 Å². The minimum absolute atomic E-state index is 0.106. The maximum atomic E-state index is 11.7. The SMILES string of the molecule is CCOC(=O)CN(c1nc(OC)nc(OC)n1)C1CC1. The summed E-state index contributed by atoms with van der Waals surface area (Å²) in [4.78, 5) is 25.7. The van der Waals surface area contributed by atoms with E-state index in [1.807, 2.05) is 0 Å². The fourth-order valence-electron chi connectivity index (χ4n) is 1.73. The van der Waals surface area contributed by atoms with E-state index >= 15 is 0 Å². The van der Waals surface area contributed by atoms with E-state index in [1.165, 1.54) is 14.2 Å². The van der Waals surface area contributed by atoms with Gasteiger partial charge in [-0.25, -0.2) is 0 Å². The number of carbonyl (C=O) groups is 1. The summed E-state index contributed by atoms with van der Waals surface area (Å²) in [6.07, 6.45) is 1.99.